The molecule has 1 N–H and O–H groups in total. The smallest absolute Gasteiger partial charge is 0.0340 e. The molecule has 1 heteroatoms. The van der Waals surface area contributed by atoms with Gasteiger partial charge in [-0.1, -0.05) is 37.6 Å². The maximum absolute atomic E-state index is 3.74. The molecule has 1 unspecified atom stereocenters. The molecule has 0 amide bonds. The summed E-state index contributed by atoms with van der Waals surface area (Å²) in [6, 6.07) is 10.4. The third-order valence-electron chi connectivity index (χ3n) is 2.78. The molecule has 0 spiro atoms. The lowest BCUT2D eigenvalue weighted by Gasteiger charge is -2.13. The van der Waals surface area contributed by atoms with E-state index in [0.29, 0.717) is 0 Å². The summed E-state index contributed by atoms with van der Waals surface area (Å²) in [6.45, 7) is 7.12. The summed E-state index contributed by atoms with van der Waals surface area (Å²) in [5.41, 5.74) is 1.22. The van der Waals surface area contributed by atoms with Gasteiger partial charge in [-0.25, -0.2) is 0 Å². The van der Waals surface area contributed by atoms with Crippen LogP contribution in [0.15, 0.2) is 43.0 Å². The first-order valence-corrected chi connectivity index (χ1v) is 6.22. The number of anilines is 1. The van der Waals surface area contributed by atoms with Crippen LogP contribution >= 0.6 is 0 Å². The monoisotopic (exact) mass is 217 g/mol. The topological polar surface area (TPSA) is 12.0 Å². The molecule has 1 aromatic carbocycles. The number of hydrogen-bond donors (Lipinski definition) is 1. The second-order valence-electron chi connectivity index (χ2n) is 4.43. The first kappa shape index (κ1) is 12.8. The standard InChI is InChI=1S/C15H23N/c1-3-4-5-7-10-14(2)13-16-15-11-8-6-9-12-15/h3,6,8-9,11-12,14,16H,1,4-5,7,10,13H2,2H3. The molecule has 0 aliphatic carbocycles. The second kappa shape index (κ2) is 7.98. The van der Waals surface area contributed by atoms with Crippen LogP contribution < -0.4 is 5.32 Å². The fourth-order valence-electron chi connectivity index (χ4n) is 1.73. The average molecular weight is 217 g/mol. The van der Waals surface area contributed by atoms with Crippen molar-refractivity contribution in [3.05, 3.63) is 43.0 Å². The molecule has 1 nitrogen and oxygen atoms in total. The third kappa shape index (κ3) is 5.59. The third-order valence-corrected chi connectivity index (χ3v) is 2.78. The summed E-state index contributed by atoms with van der Waals surface area (Å²) >= 11 is 0. The number of hydrogen-bond acceptors (Lipinski definition) is 1. The van der Waals surface area contributed by atoms with E-state index in [1.165, 1.54) is 24.9 Å². The fourth-order valence-corrected chi connectivity index (χ4v) is 1.73. The molecule has 1 aromatic rings. The Balaban J connectivity index is 2.10. The maximum atomic E-state index is 3.74. The molecular formula is C15H23N. The van der Waals surface area contributed by atoms with Crippen molar-refractivity contribution >= 4 is 5.69 Å². The minimum absolute atomic E-state index is 0.741. The molecular weight excluding hydrogens is 194 g/mol. The van der Waals surface area contributed by atoms with Crippen LogP contribution in [0.4, 0.5) is 5.69 Å². The van der Waals surface area contributed by atoms with E-state index in [9.17, 15) is 0 Å². The molecule has 0 aliphatic heterocycles. The predicted octanol–water partition coefficient (Wildman–Crippen LogP) is 4.48. The Kier molecular flexibility index (Phi) is 6.39. The Morgan fingerprint density at radius 3 is 2.69 bits per heavy atom. The Bertz CT molecular complexity index is 279. The average Bonchev–Trinajstić information content (AvgIpc) is 2.33. The molecule has 0 aliphatic rings. The van der Waals surface area contributed by atoms with Crippen LogP contribution in [0.1, 0.15) is 32.6 Å². The molecule has 1 atom stereocenters. The van der Waals surface area contributed by atoms with Crippen molar-refractivity contribution in [2.24, 2.45) is 5.92 Å². The van der Waals surface area contributed by atoms with E-state index >= 15 is 0 Å². The van der Waals surface area contributed by atoms with Crippen LogP contribution in [0.3, 0.4) is 0 Å². The highest BCUT2D eigenvalue weighted by atomic mass is 14.9. The number of benzene rings is 1. The summed E-state index contributed by atoms with van der Waals surface area (Å²) in [4.78, 5) is 0. The second-order valence-corrected chi connectivity index (χ2v) is 4.43. The van der Waals surface area contributed by atoms with Gasteiger partial charge in [-0.15, -0.1) is 6.58 Å². The summed E-state index contributed by atoms with van der Waals surface area (Å²) in [6.07, 6.45) is 7.04. The lowest BCUT2D eigenvalue weighted by Crippen LogP contribution is -2.11. The first-order chi connectivity index (χ1) is 7.83. The quantitative estimate of drug-likeness (QED) is 0.500. The SMILES string of the molecule is C=CCCCCC(C)CNc1ccccc1. The predicted molar refractivity (Wildman–Crippen MR) is 72.8 cm³/mol. The van der Waals surface area contributed by atoms with Crippen LogP contribution in [0.5, 0.6) is 0 Å². The Morgan fingerprint density at radius 2 is 2.00 bits per heavy atom. The van der Waals surface area contributed by atoms with Crippen molar-refractivity contribution in [3.8, 4) is 0 Å². The van der Waals surface area contributed by atoms with E-state index in [4.69, 9.17) is 0 Å². The van der Waals surface area contributed by atoms with Crippen LogP contribution in [-0.2, 0) is 0 Å². The number of unbranched alkanes of at least 4 members (excludes halogenated alkanes) is 2. The van der Waals surface area contributed by atoms with E-state index in [-0.39, 0.29) is 0 Å². The van der Waals surface area contributed by atoms with E-state index < -0.39 is 0 Å². The highest BCUT2D eigenvalue weighted by Gasteiger charge is 2.01. The molecule has 1 rings (SSSR count). The number of allylic oxidation sites excluding steroid dienone is 1. The van der Waals surface area contributed by atoms with Crippen LogP contribution in [0.25, 0.3) is 0 Å². The minimum atomic E-state index is 0.741. The van der Waals surface area contributed by atoms with Crippen molar-refractivity contribution < 1.29 is 0 Å². The number of nitrogens with one attached hydrogen (secondary N) is 1. The van der Waals surface area contributed by atoms with Gasteiger partial charge in [0.2, 0.25) is 0 Å². The van der Waals surface area contributed by atoms with Crippen LogP contribution in [0.2, 0.25) is 0 Å². The van der Waals surface area contributed by atoms with Gasteiger partial charge in [0.25, 0.3) is 0 Å². The van der Waals surface area contributed by atoms with E-state index in [2.05, 4.69) is 43.1 Å². The van der Waals surface area contributed by atoms with Crippen LogP contribution in [0, 0.1) is 5.92 Å². The molecule has 0 radical (unpaired) electrons. The summed E-state index contributed by atoms with van der Waals surface area (Å²) in [7, 11) is 0. The molecule has 0 saturated heterocycles. The van der Waals surface area contributed by atoms with Gasteiger partial charge in [0.05, 0.1) is 0 Å². The molecule has 0 fully saturated rings. The highest BCUT2D eigenvalue weighted by molar-refractivity contribution is 5.42. The molecule has 88 valence electrons. The van der Waals surface area contributed by atoms with E-state index in [1.54, 1.807) is 0 Å². The minimum Gasteiger partial charge on any atom is -0.385 e. The lowest BCUT2D eigenvalue weighted by atomic mass is 10.0. The van der Waals surface area contributed by atoms with Gasteiger partial charge in [0, 0.05) is 12.2 Å². The molecule has 0 heterocycles. The Morgan fingerprint density at radius 1 is 1.25 bits per heavy atom. The normalized spacial score (nSPS) is 12.1. The van der Waals surface area contributed by atoms with E-state index in [1.807, 2.05) is 12.1 Å². The van der Waals surface area contributed by atoms with Crippen molar-refractivity contribution in [1.82, 2.24) is 0 Å². The molecule has 0 saturated carbocycles. The number of para-hydroxylation sites is 1. The zero-order chi connectivity index (χ0) is 11.6. The van der Waals surface area contributed by atoms with Crippen LogP contribution in [-0.4, -0.2) is 6.54 Å². The Hall–Kier alpha value is -1.24. The maximum Gasteiger partial charge on any atom is 0.0340 e. The zero-order valence-electron chi connectivity index (χ0n) is 10.3. The van der Waals surface area contributed by atoms with Crippen molar-refractivity contribution in [1.29, 1.82) is 0 Å². The van der Waals surface area contributed by atoms with E-state index in [0.717, 1.165) is 18.9 Å². The van der Waals surface area contributed by atoms with Gasteiger partial charge in [0.1, 0.15) is 0 Å². The zero-order valence-corrected chi connectivity index (χ0v) is 10.3. The summed E-state index contributed by atoms with van der Waals surface area (Å²) < 4.78 is 0. The Labute approximate surface area is 99.6 Å². The van der Waals surface area contributed by atoms with Gasteiger partial charge >= 0.3 is 0 Å². The van der Waals surface area contributed by atoms with Gasteiger partial charge in [-0.05, 0) is 37.3 Å². The molecule has 0 bridgehead atoms. The first-order valence-electron chi connectivity index (χ1n) is 6.22. The van der Waals surface area contributed by atoms with Crippen molar-refractivity contribution in [2.45, 2.75) is 32.6 Å². The van der Waals surface area contributed by atoms with Gasteiger partial charge < -0.3 is 5.32 Å². The number of rotatable bonds is 8. The van der Waals surface area contributed by atoms with Gasteiger partial charge in [-0.2, -0.15) is 0 Å². The summed E-state index contributed by atoms with van der Waals surface area (Å²) in [5, 5.41) is 3.47. The van der Waals surface area contributed by atoms with Crippen molar-refractivity contribution in [2.75, 3.05) is 11.9 Å². The summed E-state index contributed by atoms with van der Waals surface area (Å²) in [5.74, 6) is 0.741. The fraction of sp³-hybridized carbons (Fsp3) is 0.467. The molecule has 0 aromatic heterocycles. The van der Waals surface area contributed by atoms with Gasteiger partial charge in [-0.3, -0.25) is 0 Å². The lowest BCUT2D eigenvalue weighted by molar-refractivity contribution is 0.521. The molecule has 16 heavy (non-hydrogen) atoms. The highest BCUT2D eigenvalue weighted by Crippen LogP contribution is 2.12. The van der Waals surface area contributed by atoms with Gasteiger partial charge in [0.15, 0.2) is 0 Å². The van der Waals surface area contributed by atoms with Crippen molar-refractivity contribution in [3.63, 3.8) is 0 Å². The largest absolute Gasteiger partial charge is 0.385 e.